The van der Waals surface area contributed by atoms with Crippen molar-refractivity contribution < 1.29 is 14.3 Å². The largest absolute Gasteiger partial charge is 0.484 e. The van der Waals surface area contributed by atoms with Crippen LogP contribution >= 0.6 is 0 Å². The second-order valence-electron chi connectivity index (χ2n) is 6.51. The van der Waals surface area contributed by atoms with E-state index in [4.69, 9.17) is 4.74 Å². The number of nitrogens with zero attached hydrogens (tertiary/aromatic N) is 1. The standard InChI is InChI=1S/C21H24N2O3/c24-20(16-26-19-9-5-2-6-10-19)22-15-17-11-13-23(14-12-17)21(25)18-7-3-1-4-8-18/h1-10,17H,11-16H2,(H,22,24). The SMILES string of the molecule is O=C(COc1ccccc1)NCC1CCN(C(=O)c2ccccc2)CC1. The van der Waals surface area contributed by atoms with Crippen molar-refractivity contribution in [3.63, 3.8) is 0 Å². The third-order valence-corrected chi connectivity index (χ3v) is 4.62. The summed E-state index contributed by atoms with van der Waals surface area (Å²) in [5.41, 5.74) is 0.734. The van der Waals surface area contributed by atoms with Crippen LogP contribution < -0.4 is 10.1 Å². The van der Waals surface area contributed by atoms with Gasteiger partial charge in [0, 0.05) is 25.2 Å². The number of carbonyl (C=O) groups is 2. The monoisotopic (exact) mass is 352 g/mol. The highest BCUT2D eigenvalue weighted by atomic mass is 16.5. The number of amides is 2. The number of ether oxygens (including phenoxy) is 1. The molecule has 1 aliphatic heterocycles. The maximum Gasteiger partial charge on any atom is 0.257 e. The Morgan fingerprint density at radius 1 is 0.962 bits per heavy atom. The molecule has 2 aromatic carbocycles. The summed E-state index contributed by atoms with van der Waals surface area (Å²) in [5.74, 6) is 1.06. The Bertz CT molecular complexity index is 711. The third kappa shape index (κ3) is 5.09. The molecule has 136 valence electrons. The summed E-state index contributed by atoms with van der Waals surface area (Å²) in [6.45, 7) is 2.11. The van der Waals surface area contributed by atoms with Crippen LogP contribution in [0, 0.1) is 5.92 Å². The molecule has 5 heteroatoms. The van der Waals surface area contributed by atoms with Crippen molar-refractivity contribution in [3.05, 3.63) is 66.2 Å². The van der Waals surface area contributed by atoms with E-state index in [1.165, 1.54) is 0 Å². The van der Waals surface area contributed by atoms with Gasteiger partial charge in [0.15, 0.2) is 6.61 Å². The van der Waals surface area contributed by atoms with Crippen LogP contribution in [-0.2, 0) is 4.79 Å². The molecular weight excluding hydrogens is 328 g/mol. The maximum absolute atomic E-state index is 12.4. The second kappa shape index (κ2) is 9.04. The summed E-state index contributed by atoms with van der Waals surface area (Å²) in [6.07, 6.45) is 1.80. The number of piperidine rings is 1. The molecule has 1 heterocycles. The van der Waals surface area contributed by atoms with E-state index < -0.39 is 0 Å². The van der Waals surface area contributed by atoms with Gasteiger partial charge in [0.1, 0.15) is 5.75 Å². The molecule has 0 aromatic heterocycles. The van der Waals surface area contributed by atoms with Crippen molar-refractivity contribution >= 4 is 11.8 Å². The van der Waals surface area contributed by atoms with Gasteiger partial charge in [-0.25, -0.2) is 0 Å². The predicted molar refractivity (Wildman–Crippen MR) is 100 cm³/mol. The van der Waals surface area contributed by atoms with E-state index in [9.17, 15) is 9.59 Å². The summed E-state index contributed by atoms with van der Waals surface area (Å²) in [5, 5.41) is 2.93. The van der Waals surface area contributed by atoms with Crippen LogP contribution in [-0.4, -0.2) is 43.0 Å². The highest BCUT2D eigenvalue weighted by Crippen LogP contribution is 2.18. The Morgan fingerprint density at radius 3 is 2.23 bits per heavy atom. The first kappa shape index (κ1) is 18.0. The minimum absolute atomic E-state index is 0.0232. The van der Waals surface area contributed by atoms with Gasteiger partial charge in [-0.05, 0) is 43.0 Å². The molecule has 3 rings (SSSR count). The second-order valence-corrected chi connectivity index (χ2v) is 6.51. The topological polar surface area (TPSA) is 58.6 Å². The molecule has 26 heavy (non-hydrogen) atoms. The lowest BCUT2D eigenvalue weighted by Gasteiger charge is -2.32. The van der Waals surface area contributed by atoms with Gasteiger partial charge >= 0.3 is 0 Å². The summed E-state index contributed by atoms with van der Waals surface area (Å²) < 4.78 is 5.44. The minimum Gasteiger partial charge on any atom is -0.484 e. The van der Waals surface area contributed by atoms with Gasteiger partial charge in [0.05, 0.1) is 0 Å². The van der Waals surface area contributed by atoms with Crippen LogP contribution in [0.2, 0.25) is 0 Å². The van der Waals surface area contributed by atoms with E-state index in [-0.39, 0.29) is 18.4 Å². The zero-order chi connectivity index (χ0) is 18.2. The third-order valence-electron chi connectivity index (χ3n) is 4.62. The molecule has 1 N–H and O–H groups in total. The lowest BCUT2D eigenvalue weighted by atomic mass is 9.96. The molecule has 0 saturated carbocycles. The first-order valence-corrected chi connectivity index (χ1v) is 9.01. The zero-order valence-electron chi connectivity index (χ0n) is 14.8. The van der Waals surface area contributed by atoms with Gasteiger partial charge in [-0.3, -0.25) is 9.59 Å². The summed E-state index contributed by atoms with van der Waals surface area (Å²) in [7, 11) is 0. The molecule has 2 aromatic rings. The number of hydrogen-bond donors (Lipinski definition) is 1. The smallest absolute Gasteiger partial charge is 0.257 e. The minimum atomic E-state index is -0.114. The first-order valence-electron chi connectivity index (χ1n) is 9.01. The molecule has 0 aliphatic carbocycles. The molecule has 1 saturated heterocycles. The highest BCUT2D eigenvalue weighted by Gasteiger charge is 2.23. The van der Waals surface area contributed by atoms with Crippen molar-refractivity contribution in [2.45, 2.75) is 12.8 Å². The number of benzene rings is 2. The van der Waals surface area contributed by atoms with Crippen LogP contribution in [0.1, 0.15) is 23.2 Å². The van der Waals surface area contributed by atoms with E-state index in [1.54, 1.807) is 0 Å². The van der Waals surface area contributed by atoms with E-state index >= 15 is 0 Å². The zero-order valence-corrected chi connectivity index (χ0v) is 14.8. The summed E-state index contributed by atoms with van der Waals surface area (Å²) in [4.78, 5) is 26.2. The van der Waals surface area contributed by atoms with Gasteiger partial charge in [-0.1, -0.05) is 36.4 Å². The average molecular weight is 352 g/mol. The van der Waals surface area contributed by atoms with Gasteiger partial charge in [0.2, 0.25) is 0 Å². The molecule has 2 amide bonds. The van der Waals surface area contributed by atoms with Gasteiger partial charge in [-0.2, -0.15) is 0 Å². The van der Waals surface area contributed by atoms with Gasteiger partial charge < -0.3 is 15.0 Å². The average Bonchev–Trinajstić information content (AvgIpc) is 2.72. The Labute approximate surface area is 154 Å². The lowest BCUT2D eigenvalue weighted by molar-refractivity contribution is -0.123. The molecule has 0 bridgehead atoms. The predicted octanol–water partition coefficient (Wildman–Crippen LogP) is 2.73. The van der Waals surface area contributed by atoms with Crippen molar-refractivity contribution in [1.82, 2.24) is 10.2 Å². The fourth-order valence-corrected chi connectivity index (χ4v) is 3.08. The number of hydrogen-bond acceptors (Lipinski definition) is 3. The van der Waals surface area contributed by atoms with Crippen LogP contribution in [0.5, 0.6) is 5.75 Å². The van der Waals surface area contributed by atoms with Crippen LogP contribution in [0.25, 0.3) is 0 Å². The number of carbonyl (C=O) groups excluding carboxylic acids is 2. The van der Waals surface area contributed by atoms with E-state index in [1.807, 2.05) is 65.6 Å². The van der Waals surface area contributed by atoms with Crippen LogP contribution in [0.4, 0.5) is 0 Å². The molecule has 1 aliphatic rings. The number of nitrogens with one attached hydrogen (secondary N) is 1. The van der Waals surface area contributed by atoms with Gasteiger partial charge in [-0.15, -0.1) is 0 Å². The first-order chi connectivity index (χ1) is 12.7. The molecule has 0 radical (unpaired) electrons. The van der Waals surface area contributed by atoms with Crippen LogP contribution in [0.15, 0.2) is 60.7 Å². The fourth-order valence-electron chi connectivity index (χ4n) is 3.08. The molecule has 1 fully saturated rings. The molecule has 0 unspecified atom stereocenters. The lowest BCUT2D eigenvalue weighted by Crippen LogP contribution is -2.42. The molecule has 5 nitrogen and oxygen atoms in total. The molecule has 0 atom stereocenters. The maximum atomic E-state index is 12.4. The van der Waals surface area contributed by atoms with Crippen LogP contribution in [0.3, 0.4) is 0 Å². The number of likely N-dealkylation sites (tertiary alicyclic amines) is 1. The van der Waals surface area contributed by atoms with E-state index in [0.29, 0.717) is 18.2 Å². The van der Waals surface area contributed by atoms with Crippen molar-refractivity contribution in [2.24, 2.45) is 5.92 Å². The summed E-state index contributed by atoms with van der Waals surface area (Å²) >= 11 is 0. The van der Waals surface area contributed by atoms with Crippen molar-refractivity contribution in [3.8, 4) is 5.75 Å². The summed E-state index contributed by atoms with van der Waals surface area (Å²) in [6, 6.07) is 18.7. The normalized spacial score (nSPS) is 14.7. The Hall–Kier alpha value is -2.82. The number of para-hydroxylation sites is 1. The Balaban J connectivity index is 1.36. The quantitative estimate of drug-likeness (QED) is 0.870. The Kier molecular flexibility index (Phi) is 6.25. The van der Waals surface area contributed by atoms with Crippen molar-refractivity contribution in [1.29, 1.82) is 0 Å². The fraction of sp³-hybridized carbons (Fsp3) is 0.333. The Morgan fingerprint density at radius 2 is 1.58 bits per heavy atom. The van der Waals surface area contributed by atoms with E-state index in [0.717, 1.165) is 31.5 Å². The number of rotatable bonds is 6. The molecular formula is C21H24N2O3. The van der Waals surface area contributed by atoms with Crippen molar-refractivity contribution in [2.75, 3.05) is 26.2 Å². The van der Waals surface area contributed by atoms with Gasteiger partial charge in [0.25, 0.3) is 11.8 Å². The highest BCUT2D eigenvalue weighted by molar-refractivity contribution is 5.94. The molecule has 0 spiro atoms. The van der Waals surface area contributed by atoms with E-state index in [2.05, 4.69) is 5.32 Å².